The van der Waals surface area contributed by atoms with Crippen molar-refractivity contribution < 1.29 is 13.2 Å². The van der Waals surface area contributed by atoms with Gasteiger partial charge in [-0.05, 0) is 18.9 Å². The maximum Gasteiger partial charge on any atom is 0.393 e. The molecule has 1 nitrogen and oxygen atoms in total. The molecule has 1 rings (SSSR count). The first-order valence-electron chi connectivity index (χ1n) is 3.77. The minimum absolute atomic E-state index is 0.0911. The first-order valence-corrected chi connectivity index (χ1v) is 3.77. The largest absolute Gasteiger partial charge is 0.393 e. The third-order valence-corrected chi connectivity index (χ3v) is 2.03. The lowest BCUT2D eigenvalue weighted by molar-refractivity contribution is -0.181. The number of hydrogen-bond donors (Lipinski definition) is 1. The molecule has 1 aliphatic heterocycles. The Morgan fingerprint density at radius 1 is 1.27 bits per heavy atom. The fourth-order valence-corrected chi connectivity index (χ4v) is 1.41. The van der Waals surface area contributed by atoms with E-state index in [-0.39, 0.29) is 18.9 Å². The number of halogens is 3. The highest BCUT2D eigenvalue weighted by Gasteiger charge is 2.41. The Labute approximate surface area is 64.0 Å². The van der Waals surface area contributed by atoms with E-state index in [1.54, 1.807) is 0 Å². The molecule has 0 spiro atoms. The van der Waals surface area contributed by atoms with Gasteiger partial charge in [-0.1, -0.05) is 6.92 Å². The van der Waals surface area contributed by atoms with Crippen LogP contribution < -0.4 is 5.32 Å². The van der Waals surface area contributed by atoms with Crippen LogP contribution in [0, 0.1) is 11.8 Å². The van der Waals surface area contributed by atoms with Crippen LogP contribution in [0.3, 0.4) is 0 Å². The van der Waals surface area contributed by atoms with Gasteiger partial charge in [0.05, 0.1) is 5.92 Å². The van der Waals surface area contributed by atoms with Crippen molar-refractivity contribution in [3.8, 4) is 0 Å². The molecule has 1 aliphatic rings. The third-order valence-electron chi connectivity index (χ3n) is 2.03. The summed E-state index contributed by atoms with van der Waals surface area (Å²) in [5.41, 5.74) is 0. The Balaban J connectivity index is 2.46. The minimum Gasteiger partial charge on any atom is -0.316 e. The predicted octanol–water partition coefficient (Wildman–Crippen LogP) is 1.79. The van der Waals surface area contributed by atoms with Gasteiger partial charge in [-0.3, -0.25) is 0 Å². The molecule has 0 aromatic carbocycles. The first-order chi connectivity index (χ1) is 5.00. The van der Waals surface area contributed by atoms with E-state index in [4.69, 9.17) is 0 Å². The summed E-state index contributed by atoms with van der Waals surface area (Å²) in [4.78, 5) is 0. The summed E-state index contributed by atoms with van der Waals surface area (Å²) >= 11 is 0. The Morgan fingerprint density at radius 2 is 1.91 bits per heavy atom. The van der Waals surface area contributed by atoms with Crippen molar-refractivity contribution in [2.24, 2.45) is 11.8 Å². The van der Waals surface area contributed by atoms with Crippen LogP contribution in [0.4, 0.5) is 13.2 Å². The van der Waals surface area contributed by atoms with Crippen molar-refractivity contribution in [2.45, 2.75) is 19.5 Å². The van der Waals surface area contributed by atoms with E-state index in [9.17, 15) is 13.2 Å². The predicted molar refractivity (Wildman–Crippen MR) is 36.2 cm³/mol. The van der Waals surface area contributed by atoms with Crippen molar-refractivity contribution in [3.63, 3.8) is 0 Å². The number of nitrogens with one attached hydrogen (secondary N) is 1. The van der Waals surface area contributed by atoms with Crippen LogP contribution in [0.1, 0.15) is 13.3 Å². The molecular formula is C7H12F3N. The Morgan fingerprint density at radius 3 is 2.27 bits per heavy atom. The molecule has 0 amide bonds. The Bertz CT molecular complexity index is 132. The van der Waals surface area contributed by atoms with Crippen molar-refractivity contribution in [3.05, 3.63) is 0 Å². The highest BCUT2D eigenvalue weighted by Crippen LogP contribution is 2.32. The Kier molecular flexibility index (Phi) is 2.42. The third kappa shape index (κ3) is 2.36. The monoisotopic (exact) mass is 167 g/mol. The number of rotatable bonds is 0. The van der Waals surface area contributed by atoms with Crippen LogP contribution in [-0.2, 0) is 0 Å². The normalized spacial score (nSPS) is 33.8. The molecule has 0 saturated carbocycles. The van der Waals surface area contributed by atoms with E-state index < -0.39 is 12.1 Å². The molecule has 1 saturated heterocycles. The molecule has 0 aromatic heterocycles. The first kappa shape index (κ1) is 8.84. The quantitative estimate of drug-likeness (QED) is 0.580. The van der Waals surface area contributed by atoms with Crippen LogP contribution in [0.25, 0.3) is 0 Å². The number of alkyl halides is 3. The van der Waals surface area contributed by atoms with Gasteiger partial charge in [0, 0.05) is 6.54 Å². The average molecular weight is 167 g/mol. The van der Waals surface area contributed by atoms with Gasteiger partial charge in [-0.15, -0.1) is 0 Å². The van der Waals surface area contributed by atoms with Gasteiger partial charge in [-0.25, -0.2) is 0 Å². The van der Waals surface area contributed by atoms with Gasteiger partial charge < -0.3 is 5.32 Å². The molecule has 0 unspecified atom stereocenters. The molecule has 66 valence electrons. The van der Waals surface area contributed by atoms with Crippen LogP contribution in [0.15, 0.2) is 0 Å². The summed E-state index contributed by atoms with van der Waals surface area (Å²) in [6.07, 6.45) is -3.74. The molecule has 4 heteroatoms. The van der Waals surface area contributed by atoms with E-state index in [0.717, 1.165) is 0 Å². The minimum atomic E-state index is -4.01. The van der Waals surface area contributed by atoms with Gasteiger partial charge >= 0.3 is 6.18 Å². The summed E-state index contributed by atoms with van der Waals surface area (Å²) in [5, 5.41) is 2.77. The molecule has 0 bridgehead atoms. The maximum atomic E-state index is 12.1. The second-order valence-corrected chi connectivity index (χ2v) is 3.24. The van der Waals surface area contributed by atoms with Crippen LogP contribution in [0.5, 0.6) is 0 Å². The molecule has 1 N–H and O–H groups in total. The van der Waals surface area contributed by atoms with Crippen LogP contribution >= 0.6 is 0 Å². The summed E-state index contributed by atoms with van der Waals surface area (Å²) in [6.45, 7) is 2.64. The molecule has 2 atom stereocenters. The number of piperidine rings is 1. The molecule has 0 aliphatic carbocycles. The van der Waals surface area contributed by atoms with Crippen molar-refractivity contribution in [1.82, 2.24) is 5.32 Å². The Hall–Kier alpha value is -0.250. The zero-order valence-electron chi connectivity index (χ0n) is 6.41. The fourth-order valence-electron chi connectivity index (χ4n) is 1.41. The zero-order chi connectivity index (χ0) is 8.48. The van der Waals surface area contributed by atoms with Gasteiger partial charge in [0.25, 0.3) is 0 Å². The van der Waals surface area contributed by atoms with E-state index in [1.807, 2.05) is 6.92 Å². The number of hydrogen-bond acceptors (Lipinski definition) is 1. The van der Waals surface area contributed by atoms with Crippen molar-refractivity contribution >= 4 is 0 Å². The molecule has 0 aromatic rings. The summed E-state index contributed by atoms with van der Waals surface area (Å²) in [6, 6.07) is 0. The lowest BCUT2D eigenvalue weighted by Crippen LogP contribution is -2.41. The zero-order valence-corrected chi connectivity index (χ0v) is 6.41. The van der Waals surface area contributed by atoms with Crippen LogP contribution in [-0.4, -0.2) is 19.3 Å². The molecule has 1 heterocycles. The van der Waals surface area contributed by atoms with Gasteiger partial charge in [0.15, 0.2) is 0 Å². The lowest BCUT2D eigenvalue weighted by atomic mass is 9.91. The van der Waals surface area contributed by atoms with Gasteiger partial charge in [0.2, 0.25) is 0 Å². The smallest absolute Gasteiger partial charge is 0.316 e. The van der Waals surface area contributed by atoms with Crippen LogP contribution in [0.2, 0.25) is 0 Å². The van der Waals surface area contributed by atoms with Crippen molar-refractivity contribution in [2.75, 3.05) is 13.1 Å². The summed E-state index contributed by atoms with van der Waals surface area (Å²) in [7, 11) is 0. The molecular weight excluding hydrogens is 155 g/mol. The van der Waals surface area contributed by atoms with E-state index >= 15 is 0 Å². The van der Waals surface area contributed by atoms with Crippen molar-refractivity contribution in [1.29, 1.82) is 0 Å². The second-order valence-electron chi connectivity index (χ2n) is 3.24. The highest BCUT2D eigenvalue weighted by molar-refractivity contribution is 4.78. The maximum absolute atomic E-state index is 12.1. The highest BCUT2D eigenvalue weighted by atomic mass is 19.4. The van der Waals surface area contributed by atoms with E-state index in [1.165, 1.54) is 0 Å². The fraction of sp³-hybridized carbons (Fsp3) is 1.00. The van der Waals surface area contributed by atoms with E-state index in [0.29, 0.717) is 6.54 Å². The summed E-state index contributed by atoms with van der Waals surface area (Å²) < 4.78 is 36.2. The average Bonchev–Trinajstić information content (AvgIpc) is 1.86. The second kappa shape index (κ2) is 3.01. The SMILES string of the molecule is C[C@H]1CNC[C@H](C(F)(F)F)C1. The topological polar surface area (TPSA) is 12.0 Å². The van der Waals surface area contributed by atoms with Gasteiger partial charge in [0.1, 0.15) is 0 Å². The van der Waals surface area contributed by atoms with E-state index in [2.05, 4.69) is 5.32 Å². The summed E-state index contributed by atoms with van der Waals surface area (Å²) in [5.74, 6) is -0.985. The molecule has 0 radical (unpaired) electrons. The molecule has 1 fully saturated rings. The standard InChI is InChI=1S/C7H12F3N/c1-5-2-6(4-11-3-5)7(8,9)10/h5-6,11H,2-4H2,1H3/t5-,6-/m1/s1. The lowest BCUT2D eigenvalue weighted by Gasteiger charge is -2.29. The van der Waals surface area contributed by atoms with Gasteiger partial charge in [-0.2, -0.15) is 13.2 Å². The molecule has 11 heavy (non-hydrogen) atoms.